The summed E-state index contributed by atoms with van der Waals surface area (Å²) in [6.07, 6.45) is 1.00. The van der Waals surface area contributed by atoms with Gasteiger partial charge in [0.1, 0.15) is 5.54 Å². The van der Waals surface area contributed by atoms with Crippen molar-refractivity contribution in [1.82, 2.24) is 10.2 Å². The first kappa shape index (κ1) is 15.5. The van der Waals surface area contributed by atoms with Gasteiger partial charge in [-0.2, -0.15) is 0 Å². The summed E-state index contributed by atoms with van der Waals surface area (Å²) in [6.45, 7) is 3.93. The topological polar surface area (TPSA) is 69.6 Å². The number of amides is 3. The number of aliphatic hydroxyl groups is 1. The molecular formula is C15H18N2O3S. The maximum Gasteiger partial charge on any atom is 0.325 e. The summed E-state index contributed by atoms with van der Waals surface area (Å²) in [5, 5.41) is 13.3. The second-order valence-corrected chi connectivity index (χ2v) is 6.08. The van der Waals surface area contributed by atoms with E-state index in [4.69, 9.17) is 5.11 Å². The van der Waals surface area contributed by atoms with Gasteiger partial charge in [-0.3, -0.25) is 9.69 Å². The Balaban J connectivity index is 2.08. The molecule has 0 radical (unpaired) electrons. The minimum atomic E-state index is -0.794. The molecule has 0 saturated carbocycles. The van der Waals surface area contributed by atoms with Crippen molar-refractivity contribution in [3.63, 3.8) is 0 Å². The second kappa shape index (κ2) is 6.29. The molecule has 1 atom stereocenters. The van der Waals surface area contributed by atoms with Gasteiger partial charge in [-0.05, 0) is 19.4 Å². The lowest BCUT2D eigenvalue weighted by atomic mass is 9.99. The number of hydrogen-bond donors (Lipinski definition) is 2. The van der Waals surface area contributed by atoms with E-state index in [1.165, 1.54) is 16.2 Å². The number of carbonyl (C=O) groups excluding carboxylic acids is 2. The van der Waals surface area contributed by atoms with Gasteiger partial charge in [0.15, 0.2) is 0 Å². The van der Waals surface area contributed by atoms with Crippen LogP contribution in [0.15, 0.2) is 11.4 Å². The predicted octanol–water partition coefficient (Wildman–Crippen LogP) is 1.70. The number of nitrogens with zero attached hydrogens (tertiary/aromatic N) is 1. The van der Waals surface area contributed by atoms with E-state index in [1.54, 1.807) is 6.92 Å². The molecule has 1 aliphatic heterocycles. The molecule has 1 fully saturated rings. The average Bonchev–Trinajstić information content (AvgIpc) is 2.99. The average molecular weight is 306 g/mol. The molecule has 112 valence electrons. The number of thiophene rings is 1. The monoisotopic (exact) mass is 306 g/mol. The molecule has 21 heavy (non-hydrogen) atoms. The van der Waals surface area contributed by atoms with Gasteiger partial charge in [0.2, 0.25) is 0 Å². The Labute approximate surface area is 128 Å². The number of hydrogen-bond acceptors (Lipinski definition) is 4. The number of aliphatic hydroxyl groups excluding tert-OH is 1. The highest BCUT2D eigenvalue weighted by molar-refractivity contribution is 7.10. The van der Waals surface area contributed by atoms with Crippen LogP contribution in [0.3, 0.4) is 0 Å². The first-order valence-electron chi connectivity index (χ1n) is 6.81. The minimum Gasteiger partial charge on any atom is -0.395 e. The third kappa shape index (κ3) is 3.26. The highest BCUT2D eigenvalue weighted by Crippen LogP contribution is 2.24. The van der Waals surface area contributed by atoms with Crippen molar-refractivity contribution in [2.24, 2.45) is 0 Å². The molecule has 2 N–H and O–H groups in total. The third-order valence-corrected chi connectivity index (χ3v) is 4.41. The van der Waals surface area contributed by atoms with Crippen LogP contribution < -0.4 is 5.32 Å². The van der Waals surface area contributed by atoms with Gasteiger partial charge in [0.25, 0.3) is 5.91 Å². The first-order valence-corrected chi connectivity index (χ1v) is 7.69. The fourth-order valence-electron chi connectivity index (χ4n) is 2.04. The van der Waals surface area contributed by atoms with Gasteiger partial charge in [0, 0.05) is 22.2 Å². The summed E-state index contributed by atoms with van der Waals surface area (Å²) in [6, 6.07) is 1.53. The van der Waals surface area contributed by atoms with Crippen molar-refractivity contribution in [3.8, 4) is 11.8 Å². The van der Waals surface area contributed by atoms with Crippen LogP contribution in [-0.4, -0.2) is 34.1 Å². The second-order valence-electron chi connectivity index (χ2n) is 5.08. The molecule has 1 aliphatic rings. The lowest BCUT2D eigenvalue weighted by Gasteiger charge is -2.18. The van der Waals surface area contributed by atoms with Crippen molar-refractivity contribution in [3.05, 3.63) is 21.9 Å². The Morgan fingerprint density at radius 2 is 2.24 bits per heavy atom. The molecule has 1 aromatic rings. The Kier molecular flexibility index (Phi) is 4.66. The van der Waals surface area contributed by atoms with Crippen molar-refractivity contribution >= 4 is 23.3 Å². The molecule has 2 heterocycles. The summed E-state index contributed by atoms with van der Waals surface area (Å²) in [7, 11) is 0. The molecular weight excluding hydrogens is 288 g/mol. The zero-order valence-electron chi connectivity index (χ0n) is 12.1. The van der Waals surface area contributed by atoms with Gasteiger partial charge in [-0.25, -0.2) is 4.79 Å². The van der Waals surface area contributed by atoms with Gasteiger partial charge in [-0.1, -0.05) is 18.8 Å². The van der Waals surface area contributed by atoms with E-state index < -0.39 is 5.54 Å². The van der Waals surface area contributed by atoms with Gasteiger partial charge < -0.3 is 10.4 Å². The maximum atomic E-state index is 12.3. The number of rotatable bonds is 4. The minimum absolute atomic E-state index is 0.0437. The zero-order chi connectivity index (χ0) is 15.5. The van der Waals surface area contributed by atoms with Crippen LogP contribution in [0.2, 0.25) is 0 Å². The van der Waals surface area contributed by atoms with Crippen LogP contribution in [0.5, 0.6) is 0 Å². The van der Waals surface area contributed by atoms with Crippen molar-refractivity contribution in [2.75, 3.05) is 6.61 Å². The van der Waals surface area contributed by atoms with Crippen LogP contribution in [0.4, 0.5) is 4.79 Å². The molecule has 0 aromatic carbocycles. The Bertz CT molecular complexity index is 614. The molecule has 5 nitrogen and oxygen atoms in total. The Hall–Kier alpha value is -1.84. The normalized spacial score (nSPS) is 21.2. The summed E-state index contributed by atoms with van der Waals surface area (Å²) in [4.78, 5) is 26.4. The SMILES string of the molecule is CCC1(C)NC(=O)N(Cc2cc(C#CCCO)cs2)C1=O. The molecule has 2 rings (SSSR count). The summed E-state index contributed by atoms with van der Waals surface area (Å²) in [5.74, 6) is 5.60. The van der Waals surface area contributed by atoms with E-state index in [0.717, 1.165) is 10.4 Å². The molecule has 6 heteroatoms. The Morgan fingerprint density at radius 3 is 2.86 bits per heavy atom. The van der Waals surface area contributed by atoms with Crippen LogP contribution in [0.1, 0.15) is 37.1 Å². The fraction of sp³-hybridized carbons (Fsp3) is 0.467. The largest absolute Gasteiger partial charge is 0.395 e. The van der Waals surface area contributed by atoms with E-state index in [-0.39, 0.29) is 25.1 Å². The van der Waals surface area contributed by atoms with Gasteiger partial charge in [-0.15, -0.1) is 11.3 Å². The Morgan fingerprint density at radius 1 is 1.48 bits per heavy atom. The third-order valence-electron chi connectivity index (χ3n) is 3.49. The first-order chi connectivity index (χ1) is 10.00. The standard InChI is InChI=1S/C15H18N2O3S/c1-3-15(2)13(19)17(14(20)16-15)9-12-8-11(10-21-12)6-4-5-7-18/h8,10,18H,3,5,7,9H2,1-2H3,(H,16,20). The van der Waals surface area contributed by atoms with Crippen molar-refractivity contribution in [2.45, 2.75) is 38.8 Å². The number of urea groups is 1. The van der Waals surface area contributed by atoms with Crippen molar-refractivity contribution in [1.29, 1.82) is 0 Å². The van der Waals surface area contributed by atoms with E-state index in [0.29, 0.717) is 12.8 Å². The molecule has 1 aromatic heterocycles. The highest BCUT2D eigenvalue weighted by atomic mass is 32.1. The van der Waals surface area contributed by atoms with Crippen LogP contribution >= 0.6 is 11.3 Å². The number of carbonyl (C=O) groups is 2. The summed E-state index contributed by atoms with van der Waals surface area (Å²) < 4.78 is 0. The smallest absolute Gasteiger partial charge is 0.325 e. The number of imide groups is 1. The molecule has 0 spiro atoms. The maximum absolute atomic E-state index is 12.3. The fourth-order valence-corrected chi connectivity index (χ4v) is 2.84. The van der Waals surface area contributed by atoms with E-state index in [2.05, 4.69) is 17.2 Å². The molecule has 0 bridgehead atoms. The highest BCUT2D eigenvalue weighted by Gasteiger charge is 2.46. The molecule has 1 saturated heterocycles. The van der Waals surface area contributed by atoms with E-state index >= 15 is 0 Å². The summed E-state index contributed by atoms with van der Waals surface area (Å²) in [5.41, 5.74) is 0.0479. The van der Waals surface area contributed by atoms with E-state index in [1.807, 2.05) is 18.4 Å². The van der Waals surface area contributed by atoms with Crippen LogP contribution in [0, 0.1) is 11.8 Å². The van der Waals surface area contributed by atoms with Gasteiger partial charge in [0.05, 0.1) is 13.2 Å². The molecule has 3 amide bonds. The molecule has 0 aliphatic carbocycles. The quantitative estimate of drug-likeness (QED) is 0.657. The van der Waals surface area contributed by atoms with Gasteiger partial charge >= 0.3 is 6.03 Å². The number of nitrogens with one attached hydrogen (secondary N) is 1. The molecule has 1 unspecified atom stereocenters. The van der Waals surface area contributed by atoms with E-state index in [9.17, 15) is 9.59 Å². The predicted molar refractivity (Wildman–Crippen MR) is 80.7 cm³/mol. The zero-order valence-corrected chi connectivity index (χ0v) is 12.9. The lowest BCUT2D eigenvalue weighted by Crippen LogP contribution is -2.43. The van der Waals surface area contributed by atoms with Crippen LogP contribution in [0.25, 0.3) is 0 Å². The van der Waals surface area contributed by atoms with Crippen LogP contribution in [-0.2, 0) is 11.3 Å². The van der Waals surface area contributed by atoms with Crippen molar-refractivity contribution < 1.29 is 14.7 Å². The summed E-state index contributed by atoms with van der Waals surface area (Å²) >= 11 is 1.47. The lowest BCUT2D eigenvalue weighted by molar-refractivity contribution is -0.131.